The highest BCUT2D eigenvalue weighted by Crippen LogP contribution is 2.54. The van der Waals surface area contributed by atoms with Gasteiger partial charge in [-0.25, -0.2) is 0 Å². The smallest absolute Gasteiger partial charge is 0.191 e. The molecule has 6 heteroatoms. The molecule has 142 valence electrons. The van der Waals surface area contributed by atoms with Gasteiger partial charge in [-0.2, -0.15) is 15.8 Å². The molecular weight excluding hydrogens is 350 g/mol. The first kappa shape index (κ1) is 19.5. The number of nitrogens with two attached hydrogens (primary N) is 1. The second-order valence-corrected chi connectivity index (χ2v) is 7.21. The third-order valence-corrected chi connectivity index (χ3v) is 5.75. The van der Waals surface area contributed by atoms with Gasteiger partial charge >= 0.3 is 0 Å². The predicted octanol–water partition coefficient (Wildman–Crippen LogP) is 2.83. The summed E-state index contributed by atoms with van der Waals surface area (Å²) in [5.41, 5.74) is 6.77. The van der Waals surface area contributed by atoms with Crippen molar-refractivity contribution in [2.75, 3.05) is 26.7 Å². The number of allylic oxidation sites excluding steroid dienone is 2. The number of fused-ring (bicyclic) bond motifs is 1. The van der Waals surface area contributed by atoms with Crippen LogP contribution in [0.4, 0.5) is 0 Å². The van der Waals surface area contributed by atoms with E-state index in [0.717, 1.165) is 30.6 Å². The van der Waals surface area contributed by atoms with Gasteiger partial charge in [0.05, 0.1) is 30.5 Å². The fourth-order valence-electron chi connectivity index (χ4n) is 4.43. The Labute approximate surface area is 165 Å². The van der Waals surface area contributed by atoms with E-state index in [-0.39, 0.29) is 17.2 Å². The third kappa shape index (κ3) is 2.91. The average Bonchev–Trinajstić information content (AvgIpc) is 2.73. The second-order valence-electron chi connectivity index (χ2n) is 7.21. The Morgan fingerprint density at radius 1 is 1.21 bits per heavy atom. The number of nitriles is 3. The fraction of sp³-hybridized carbons (Fsp3) is 0.409. The Kier molecular flexibility index (Phi) is 5.41. The molecule has 0 saturated carbocycles. The van der Waals surface area contributed by atoms with E-state index < -0.39 is 11.3 Å². The maximum Gasteiger partial charge on any atom is 0.191 e. The largest absolute Gasteiger partial charge is 0.497 e. The van der Waals surface area contributed by atoms with Crippen molar-refractivity contribution in [2.24, 2.45) is 17.1 Å². The molecule has 0 bridgehead atoms. The zero-order valence-electron chi connectivity index (χ0n) is 16.1. The minimum absolute atomic E-state index is 0.0623. The van der Waals surface area contributed by atoms with Crippen molar-refractivity contribution in [1.82, 2.24) is 4.90 Å². The van der Waals surface area contributed by atoms with Crippen LogP contribution < -0.4 is 10.5 Å². The zero-order chi connectivity index (χ0) is 20.3. The summed E-state index contributed by atoms with van der Waals surface area (Å²) in [5.74, 6) is 0.0821. The molecule has 0 saturated heterocycles. The lowest BCUT2D eigenvalue weighted by Gasteiger charge is -2.45. The van der Waals surface area contributed by atoms with Crippen LogP contribution in [0, 0.1) is 45.3 Å². The van der Waals surface area contributed by atoms with Gasteiger partial charge in [0, 0.05) is 24.9 Å². The van der Waals surface area contributed by atoms with Crippen LogP contribution in [0.5, 0.6) is 5.75 Å². The van der Waals surface area contributed by atoms with E-state index in [1.807, 2.05) is 30.3 Å². The van der Waals surface area contributed by atoms with Gasteiger partial charge < -0.3 is 10.5 Å². The van der Waals surface area contributed by atoms with E-state index in [9.17, 15) is 15.8 Å². The third-order valence-electron chi connectivity index (χ3n) is 5.75. The van der Waals surface area contributed by atoms with Crippen molar-refractivity contribution in [3.63, 3.8) is 0 Å². The molecule has 1 aliphatic heterocycles. The molecule has 0 spiro atoms. The Morgan fingerprint density at radius 3 is 2.43 bits per heavy atom. The SMILES string of the molecule is CCCN1CC=C2C(C#N)=C(N)C(C#N)(C#N)[C@H](c3ccc(OC)cc3)[C@H]2C1. The molecule has 0 radical (unpaired) electrons. The molecule has 0 fully saturated rings. The van der Waals surface area contributed by atoms with E-state index in [4.69, 9.17) is 10.5 Å². The molecule has 2 aliphatic rings. The second kappa shape index (κ2) is 7.77. The number of nitrogens with zero attached hydrogens (tertiary/aromatic N) is 4. The summed E-state index contributed by atoms with van der Waals surface area (Å²) in [6, 6.07) is 13.9. The molecule has 1 aliphatic carbocycles. The van der Waals surface area contributed by atoms with Gasteiger partial charge in [0.2, 0.25) is 0 Å². The maximum atomic E-state index is 10.1. The highest BCUT2D eigenvalue weighted by atomic mass is 16.5. The van der Waals surface area contributed by atoms with Crippen molar-refractivity contribution in [1.29, 1.82) is 15.8 Å². The van der Waals surface area contributed by atoms with Gasteiger partial charge in [0.1, 0.15) is 11.8 Å². The van der Waals surface area contributed by atoms with Crippen molar-refractivity contribution in [3.8, 4) is 24.0 Å². The number of benzene rings is 1. The molecule has 2 atom stereocenters. The van der Waals surface area contributed by atoms with Crippen molar-refractivity contribution in [2.45, 2.75) is 19.3 Å². The molecule has 3 rings (SSSR count). The van der Waals surface area contributed by atoms with Gasteiger partial charge in [0.25, 0.3) is 0 Å². The number of methoxy groups -OCH3 is 1. The highest BCUT2D eigenvalue weighted by Gasteiger charge is 2.54. The lowest BCUT2D eigenvalue weighted by atomic mass is 9.58. The lowest BCUT2D eigenvalue weighted by molar-refractivity contribution is 0.207. The van der Waals surface area contributed by atoms with E-state index in [0.29, 0.717) is 12.3 Å². The van der Waals surface area contributed by atoms with Crippen LogP contribution in [0.15, 0.2) is 47.2 Å². The molecule has 1 heterocycles. The summed E-state index contributed by atoms with van der Waals surface area (Å²) in [7, 11) is 1.59. The molecule has 0 aromatic heterocycles. The van der Waals surface area contributed by atoms with Crippen LogP contribution in [-0.4, -0.2) is 31.6 Å². The topological polar surface area (TPSA) is 110 Å². The molecule has 28 heavy (non-hydrogen) atoms. The quantitative estimate of drug-likeness (QED) is 0.869. The van der Waals surface area contributed by atoms with Gasteiger partial charge in [-0.3, -0.25) is 4.90 Å². The Bertz CT molecular complexity index is 925. The van der Waals surface area contributed by atoms with Crippen molar-refractivity contribution >= 4 is 0 Å². The Morgan fingerprint density at radius 2 is 1.89 bits per heavy atom. The lowest BCUT2D eigenvalue weighted by Crippen LogP contribution is -2.48. The van der Waals surface area contributed by atoms with E-state index >= 15 is 0 Å². The van der Waals surface area contributed by atoms with Crippen LogP contribution in [-0.2, 0) is 0 Å². The van der Waals surface area contributed by atoms with Crippen molar-refractivity contribution in [3.05, 3.63) is 52.7 Å². The molecule has 6 nitrogen and oxygen atoms in total. The van der Waals surface area contributed by atoms with Crippen LogP contribution in [0.1, 0.15) is 24.8 Å². The highest BCUT2D eigenvalue weighted by molar-refractivity contribution is 5.59. The predicted molar refractivity (Wildman–Crippen MR) is 105 cm³/mol. The molecule has 0 unspecified atom stereocenters. The summed E-state index contributed by atoms with van der Waals surface area (Å²) in [6.07, 6.45) is 3.04. The van der Waals surface area contributed by atoms with Crippen LogP contribution in [0.3, 0.4) is 0 Å². The molecule has 0 amide bonds. The first-order valence-electron chi connectivity index (χ1n) is 9.35. The Hall–Kier alpha value is -3.27. The van der Waals surface area contributed by atoms with Gasteiger partial charge in [-0.1, -0.05) is 25.1 Å². The summed E-state index contributed by atoms with van der Waals surface area (Å²) in [4.78, 5) is 2.29. The van der Waals surface area contributed by atoms with Crippen LogP contribution in [0.2, 0.25) is 0 Å². The standard InChI is InChI=1S/C22H23N5O/c1-3-9-27-10-8-17-18(11-23)21(26)22(13-24,14-25)20(19(17)12-27)15-4-6-16(28-2)7-5-15/h4-8,19-20H,3,9-10,12,26H2,1-2H3/t19-,20+/m0/s1. The first-order valence-corrected chi connectivity index (χ1v) is 9.35. The summed E-state index contributed by atoms with van der Waals surface area (Å²) < 4.78 is 5.25. The molecular formula is C22H23N5O. The van der Waals surface area contributed by atoms with Crippen LogP contribution in [0.25, 0.3) is 0 Å². The van der Waals surface area contributed by atoms with E-state index in [2.05, 4.69) is 30.0 Å². The van der Waals surface area contributed by atoms with Gasteiger partial charge in [0.15, 0.2) is 5.41 Å². The van der Waals surface area contributed by atoms with Gasteiger partial charge in [-0.15, -0.1) is 0 Å². The van der Waals surface area contributed by atoms with Gasteiger partial charge in [-0.05, 0) is 36.2 Å². The number of hydrogen-bond acceptors (Lipinski definition) is 6. The number of rotatable bonds is 4. The minimum Gasteiger partial charge on any atom is -0.497 e. The summed E-state index contributed by atoms with van der Waals surface area (Å²) >= 11 is 0. The monoisotopic (exact) mass is 373 g/mol. The fourth-order valence-corrected chi connectivity index (χ4v) is 4.43. The van der Waals surface area contributed by atoms with E-state index in [1.165, 1.54) is 0 Å². The van der Waals surface area contributed by atoms with Crippen LogP contribution >= 0.6 is 0 Å². The van der Waals surface area contributed by atoms with Crippen molar-refractivity contribution < 1.29 is 4.74 Å². The number of hydrogen-bond donors (Lipinski definition) is 1. The molecule has 2 N–H and O–H groups in total. The Balaban J connectivity index is 2.23. The maximum absolute atomic E-state index is 10.1. The average molecular weight is 373 g/mol. The first-order chi connectivity index (χ1) is 13.6. The minimum atomic E-state index is -1.59. The molecule has 1 aromatic carbocycles. The summed E-state index contributed by atoms with van der Waals surface area (Å²) in [5, 5.41) is 29.9. The summed E-state index contributed by atoms with van der Waals surface area (Å²) in [6.45, 7) is 4.46. The normalized spacial score (nSPS) is 23.6. The molecule has 1 aromatic rings. The van der Waals surface area contributed by atoms with E-state index in [1.54, 1.807) is 7.11 Å². The zero-order valence-corrected chi connectivity index (χ0v) is 16.1. The number of ether oxygens (including phenoxy) is 1.